The van der Waals surface area contributed by atoms with Gasteiger partial charge in [0.25, 0.3) is 5.91 Å². The number of amides is 1. The molecule has 2 aromatic rings. The zero-order valence-electron chi connectivity index (χ0n) is 15.1. The normalized spacial score (nSPS) is 12.4. The third-order valence-corrected chi connectivity index (χ3v) is 4.14. The second kappa shape index (κ2) is 8.47. The van der Waals surface area contributed by atoms with E-state index in [2.05, 4.69) is 0 Å². The Bertz CT molecular complexity index is 744. The summed E-state index contributed by atoms with van der Waals surface area (Å²) in [6, 6.07) is 12.9. The Morgan fingerprint density at radius 1 is 1.04 bits per heavy atom. The molecule has 0 aromatic heterocycles. The largest absolute Gasteiger partial charge is 0.497 e. The van der Waals surface area contributed by atoms with Crippen molar-refractivity contribution in [1.29, 1.82) is 0 Å². The lowest BCUT2D eigenvalue weighted by atomic mass is 10.1. The van der Waals surface area contributed by atoms with Crippen LogP contribution in [0.2, 0.25) is 0 Å². The van der Waals surface area contributed by atoms with Crippen LogP contribution >= 0.6 is 0 Å². The molecule has 1 amide bonds. The highest BCUT2D eigenvalue weighted by molar-refractivity contribution is 5.77. The number of hydrogen-bond donors (Lipinski definition) is 0. The quantitative estimate of drug-likeness (QED) is 0.763. The lowest BCUT2D eigenvalue weighted by Crippen LogP contribution is -2.34. The first kappa shape index (κ1) is 17.9. The van der Waals surface area contributed by atoms with Gasteiger partial charge in [-0.2, -0.15) is 0 Å². The number of likely N-dealkylation sites (N-methyl/N-ethyl adjacent to an activating group) is 1. The number of carbonyl (C=O) groups is 1. The summed E-state index contributed by atoms with van der Waals surface area (Å²) in [4.78, 5) is 14.2. The number of benzene rings is 2. The number of ether oxygens (including phenoxy) is 4. The van der Waals surface area contributed by atoms with Crippen molar-refractivity contribution in [2.75, 3.05) is 33.5 Å². The van der Waals surface area contributed by atoms with Gasteiger partial charge in [0.15, 0.2) is 18.1 Å². The van der Waals surface area contributed by atoms with Crippen molar-refractivity contribution >= 4 is 5.91 Å². The highest BCUT2D eigenvalue weighted by Gasteiger charge is 2.16. The van der Waals surface area contributed by atoms with Crippen molar-refractivity contribution in [3.8, 4) is 23.0 Å². The smallest absolute Gasteiger partial charge is 0.260 e. The van der Waals surface area contributed by atoms with Gasteiger partial charge >= 0.3 is 0 Å². The van der Waals surface area contributed by atoms with Gasteiger partial charge in [-0.15, -0.1) is 0 Å². The van der Waals surface area contributed by atoms with Crippen LogP contribution in [0, 0.1) is 0 Å². The van der Waals surface area contributed by atoms with Gasteiger partial charge in [0.2, 0.25) is 0 Å². The van der Waals surface area contributed by atoms with Crippen molar-refractivity contribution < 1.29 is 23.7 Å². The van der Waals surface area contributed by atoms with E-state index >= 15 is 0 Å². The Balaban J connectivity index is 1.58. The lowest BCUT2D eigenvalue weighted by molar-refractivity contribution is -0.133. The summed E-state index contributed by atoms with van der Waals surface area (Å²) < 4.78 is 21.8. The third-order valence-electron chi connectivity index (χ3n) is 4.14. The van der Waals surface area contributed by atoms with E-state index in [4.69, 9.17) is 18.9 Å². The second-order valence-corrected chi connectivity index (χ2v) is 5.85. The molecular formula is C20H23NO5. The van der Waals surface area contributed by atoms with E-state index in [1.54, 1.807) is 36.3 Å². The van der Waals surface area contributed by atoms with Crippen LogP contribution in [-0.4, -0.2) is 44.3 Å². The van der Waals surface area contributed by atoms with Crippen molar-refractivity contribution in [1.82, 2.24) is 4.90 Å². The molecule has 0 unspecified atom stereocenters. The van der Waals surface area contributed by atoms with Crippen molar-refractivity contribution in [3.63, 3.8) is 0 Å². The molecule has 1 aliphatic rings. The van der Waals surface area contributed by atoms with Crippen LogP contribution in [0.1, 0.15) is 12.5 Å². The fraction of sp³-hybridized carbons (Fsp3) is 0.350. The molecule has 0 atom stereocenters. The molecule has 0 N–H and O–H groups in total. The Morgan fingerprint density at radius 3 is 2.42 bits per heavy atom. The van der Waals surface area contributed by atoms with Gasteiger partial charge in [-0.25, -0.2) is 0 Å². The van der Waals surface area contributed by atoms with Crippen LogP contribution in [0.25, 0.3) is 0 Å². The molecule has 0 saturated carbocycles. The molecule has 26 heavy (non-hydrogen) atoms. The van der Waals surface area contributed by atoms with Crippen LogP contribution < -0.4 is 18.9 Å². The van der Waals surface area contributed by atoms with Crippen LogP contribution in [0.15, 0.2) is 42.5 Å². The molecule has 6 nitrogen and oxygen atoms in total. The van der Waals surface area contributed by atoms with E-state index < -0.39 is 0 Å². The molecule has 1 heterocycles. The maximum atomic E-state index is 12.5. The van der Waals surface area contributed by atoms with Gasteiger partial charge in [-0.05, 0) is 48.9 Å². The highest BCUT2D eigenvalue weighted by Crippen LogP contribution is 2.31. The zero-order chi connectivity index (χ0) is 18.4. The average Bonchev–Trinajstić information content (AvgIpc) is 2.70. The Kier molecular flexibility index (Phi) is 5.84. The predicted octanol–water partition coefficient (Wildman–Crippen LogP) is 2.89. The van der Waals surface area contributed by atoms with Crippen LogP contribution in [0.3, 0.4) is 0 Å². The fourth-order valence-corrected chi connectivity index (χ4v) is 2.69. The third kappa shape index (κ3) is 4.39. The number of methoxy groups -OCH3 is 1. The van der Waals surface area contributed by atoms with Crippen molar-refractivity contribution in [2.45, 2.75) is 13.5 Å². The molecule has 138 valence electrons. The summed E-state index contributed by atoms with van der Waals surface area (Å²) in [5.74, 6) is 2.79. The molecule has 1 aliphatic heterocycles. The van der Waals surface area contributed by atoms with E-state index in [0.29, 0.717) is 32.1 Å². The summed E-state index contributed by atoms with van der Waals surface area (Å²) in [7, 11) is 1.61. The minimum atomic E-state index is -0.0711. The van der Waals surface area contributed by atoms with E-state index in [1.807, 2.05) is 25.1 Å². The predicted molar refractivity (Wildman–Crippen MR) is 97.0 cm³/mol. The molecular weight excluding hydrogens is 334 g/mol. The van der Waals surface area contributed by atoms with Crippen LogP contribution in [0.5, 0.6) is 23.0 Å². The molecule has 0 aliphatic carbocycles. The monoisotopic (exact) mass is 357 g/mol. The minimum Gasteiger partial charge on any atom is -0.497 e. The Hall–Kier alpha value is -2.89. The summed E-state index contributed by atoms with van der Waals surface area (Å²) in [6.07, 6.45) is 0. The molecule has 2 aromatic carbocycles. The average molecular weight is 357 g/mol. The molecule has 0 spiro atoms. The number of fused-ring (bicyclic) bond motifs is 1. The van der Waals surface area contributed by atoms with Gasteiger partial charge in [0, 0.05) is 13.1 Å². The molecule has 0 bridgehead atoms. The number of hydrogen-bond acceptors (Lipinski definition) is 5. The molecule has 0 radical (unpaired) electrons. The first-order chi connectivity index (χ1) is 12.7. The molecule has 0 fully saturated rings. The molecule has 3 rings (SSSR count). The summed E-state index contributed by atoms with van der Waals surface area (Å²) in [6.45, 7) is 4.14. The van der Waals surface area contributed by atoms with E-state index in [1.165, 1.54) is 0 Å². The summed E-state index contributed by atoms with van der Waals surface area (Å²) in [5.41, 5.74) is 0.994. The maximum Gasteiger partial charge on any atom is 0.260 e. The van der Waals surface area contributed by atoms with Gasteiger partial charge in [-0.3, -0.25) is 4.79 Å². The van der Waals surface area contributed by atoms with Gasteiger partial charge < -0.3 is 23.8 Å². The van der Waals surface area contributed by atoms with Crippen LogP contribution in [-0.2, 0) is 11.3 Å². The van der Waals surface area contributed by atoms with Crippen LogP contribution in [0.4, 0.5) is 0 Å². The topological polar surface area (TPSA) is 57.2 Å². The van der Waals surface area contributed by atoms with E-state index in [-0.39, 0.29) is 12.5 Å². The fourth-order valence-electron chi connectivity index (χ4n) is 2.69. The second-order valence-electron chi connectivity index (χ2n) is 5.85. The van der Waals surface area contributed by atoms with Gasteiger partial charge in [0.05, 0.1) is 7.11 Å². The Morgan fingerprint density at radius 2 is 1.73 bits per heavy atom. The van der Waals surface area contributed by atoms with Gasteiger partial charge in [-0.1, -0.05) is 6.07 Å². The molecule has 6 heteroatoms. The number of rotatable bonds is 7. The first-order valence-corrected chi connectivity index (χ1v) is 8.62. The van der Waals surface area contributed by atoms with E-state index in [0.717, 1.165) is 22.8 Å². The zero-order valence-corrected chi connectivity index (χ0v) is 15.1. The summed E-state index contributed by atoms with van der Waals surface area (Å²) >= 11 is 0. The molecule has 0 saturated heterocycles. The maximum absolute atomic E-state index is 12.5. The van der Waals surface area contributed by atoms with Gasteiger partial charge in [0.1, 0.15) is 24.7 Å². The standard InChI is InChI=1S/C20H23NO5/c1-3-21(13-15-4-9-18-19(12-15)25-11-10-24-18)20(22)14-26-17-7-5-16(23-2)6-8-17/h4-9,12H,3,10-11,13-14H2,1-2H3. The lowest BCUT2D eigenvalue weighted by Gasteiger charge is -2.23. The van der Waals surface area contributed by atoms with Crippen molar-refractivity contribution in [2.24, 2.45) is 0 Å². The number of carbonyl (C=O) groups excluding carboxylic acids is 1. The highest BCUT2D eigenvalue weighted by atomic mass is 16.6. The number of nitrogens with zero attached hydrogens (tertiary/aromatic N) is 1. The van der Waals surface area contributed by atoms with E-state index in [9.17, 15) is 4.79 Å². The SMILES string of the molecule is CCN(Cc1ccc2c(c1)OCCO2)C(=O)COc1ccc(OC)cc1. The Labute approximate surface area is 153 Å². The summed E-state index contributed by atoms with van der Waals surface area (Å²) in [5, 5.41) is 0. The van der Waals surface area contributed by atoms with Crippen molar-refractivity contribution in [3.05, 3.63) is 48.0 Å². The first-order valence-electron chi connectivity index (χ1n) is 8.62. The minimum absolute atomic E-state index is 0.00921.